The van der Waals surface area contributed by atoms with E-state index in [0.29, 0.717) is 51.5 Å². The number of nitrogens with one attached hydrogen (secondary N) is 1. The fourth-order valence-electron chi connectivity index (χ4n) is 4.48. The van der Waals surface area contributed by atoms with Crippen LogP contribution in [-0.2, 0) is 11.0 Å². The zero-order valence-corrected chi connectivity index (χ0v) is 22.0. The lowest BCUT2D eigenvalue weighted by molar-refractivity contribution is 0.345. The summed E-state index contributed by atoms with van der Waals surface area (Å²) >= 11 is 1.43. The van der Waals surface area contributed by atoms with Gasteiger partial charge in [0, 0.05) is 42.5 Å². The van der Waals surface area contributed by atoms with Crippen LogP contribution >= 0.6 is 11.3 Å². The van der Waals surface area contributed by atoms with Crippen molar-refractivity contribution in [3.8, 4) is 22.6 Å². The Morgan fingerprint density at radius 2 is 1.74 bits per heavy atom. The summed E-state index contributed by atoms with van der Waals surface area (Å²) in [7, 11) is -1.35. The van der Waals surface area contributed by atoms with Crippen molar-refractivity contribution in [1.82, 2.24) is 23.7 Å². The predicted molar refractivity (Wildman–Crippen MR) is 144 cm³/mol. The first-order chi connectivity index (χ1) is 18.5. The molecular formula is C26H23F3N6O2S2. The SMILES string of the molecule is O.O=S(c1ccc(F)cc1)N1CCC(Nc2nccc(-c3c(-c4ccc(F)c(F)c4)nc4sccn34)n2)CC1. The van der Waals surface area contributed by atoms with Gasteiger partial charge in [-0.3, -0.25) is 4.40 Å². The van der Waals surface area contributed by atoms with Crippen LogP contribution in [0.15, 0.2) is 71.2 Å². The first-order valence-electron chi connectivity index (χ1n) is 11.9. The molecule has 6 rings (SSSR count). The molecule has 0 amide bonds. The fraction of sp³-hybridized carbons (Fsp3) is 0.192. The summed E-state index contributed by atoms with van der Waals surface area (Å²) in [6.45, 7) is 1.19. The van der Waals surface area contributed by atoms with Gasteiger partial charge in [0.25, 0.3) is 0 Å². The van der Waals surface area contributed by atoms with Crippen molar-refractivity contribution >= 4 is 33.2 Å². The summed E-state index contributed by atoms with van der Waals surface area (Å²) in [5, 5.41) is 5.27. The first-order valence-corrected chi connectivity index (χ1v) is 13.9. The van der Waals surface area contributed by atoms with Crippen LogP contribution in [0.3, 0.4) is 0 Å². The topological polar surface area (TPSA) is 107 Å². The van der Waals surface area contributed by atoms with Crippen molar-refractivity contribution in [2.24, 2.45) is 0 Å². The summed E-state index contributed by atoms with van der Waals surface area (Å²) in [5.41, 5.74) is 2.19. The van der Waals surface area contributed by atoms with Gasteiger partial charge in [-0.15, -0.1) is 11.3 Å². The number of rotatable bonds is 6. The maximum absolute atomic E-state index is 14.0. The highest BCUT2D eigenvalue weighted by Gasteiger charge is 2.25. The van der Waals surface area contributed by atoms with Crippen LogP contribution in [0.25, 0.3) is 27.6 Å². The van der Waals surface area contributed by atoms with Crippen molar-refractivity contribution in [1.29, 1.82) is 0 Å². The third kappa shape index (κ3) is 5.43. The number of nitrogens with zero attached hydrogens (tertiary/aromatic N) is 5. The number of benzene rings is 2. The van der Waals surface area contributed by atoms with Crippen molar-refractivity contribution in [2.45, 2.75) is 23.8 Å². The van der Waals surface area contributed by atoms with Gasteiger partial charge in [-0.05, 0) is 61.4 Å². The third-order valence-electron chi connectivity index (χ3n) is 6.39. The molecule has 1 fully saturated rings. The van der Waals surface area contributed by atoms with Crippen molar-refractivity contribution in [2.75, 3.05) is 18.4 Å². The van der Waals surface area contributed by atoms with Crippen molar-refractivity contribution in [3.63, 3.8) is 0 Å². The average Bonchev–Trinajstić information content (AvgIpc) is 3.53. The van der Waals surface area contributed by atoms with Gasteiger partial charge in [0.1, 0.15) is 22.5 Å². The molecule has 13 heteroatoms. The Hall–Kier alpha value is -3.65. The monoisotopic (exact) mass is 572 g/mol. The molecule has 0 spiro atoms. The Morgan fingerprint density at radius 3 is 2.49 bits per heavy atom. The zero-order valence-electron chi connectivity index (χ0n) is 20.4. The van der Waals surface area contributed by atoms with Gasteiger partial charge in [0.05, 0.1) is 16.3 Å². The number of halogens is 3. The standard InChI is InChI=1S/C26H21F3N6OS2.H2O/c27-17-2-4-19(5-3-17)38(36)34-11-8-18(9-12-34)31-25-30-10-7-22(32-25)24-23(33-26-35(24)13-14-37-26)16-1-6-20(28)21(29)15-16;/h1-7,10,13-15,18H,8-9,11-12H2,(H,30,31,32);1H2. The number of imidazole rings is 1. The van der Waals surface area contributed by atoms with Gasteiger partial charge in [-0.2, -0.15) is 0 Å². The number of thiazole rings is 1. The molecule has 1 saturated heterocycles. The molecule has 8 nitrogen and oxygen atoms in total. The average molecular weight is 573 g/mol. The van der Waals surface area contributed by atoms with Crippen LogP contribution in [0.2, 0.25) is 0 Å². The van der Waals surface area contributed by atoms with E-state index in [1.807, 2.05) is 20.3 Å². The van der Waals surface area contributed by atoms with Gasteiger partial charge in [0.15, 0.2) is 16.6 Å². The van der Waals surface area contributed by atoms with Crippen molar-refractivity contribution in [3.05, 3.63) is 83.8 Å². The van der Waals surface area contributed by atoms with Crippen LogP contribution in [-0.4, -0.2) is 52.5 Å². The van der Waals surface area contributed by atoms with Crippen LogP contribution in [0, 0.1) is 17.5 Å². The Kier molecular flexibility index (Phi) is 7.75. The minimum atomic E-state index is -1.35. The van der Waals surface area contributed by atoms with Gasteiger partial charge in [-0.25, -0.2) is 36.6 Å². The van der Waals surface area contributed by atoms with Gasteiger partial charge in [0.2, 0.25) is 5.95 Å². The zero-order chi connectivity index (χ0) is 26.2. The molecule has 4 heterocycles. The number of anilines is 1. The lowest BCUT2D eigenvalue weighted by atomic mass is 10.1. The Labute approximate surface area is 228 Å². The van der Waals surface area contributed by atoms with E-state index < -0.39 is 22.6 Å². The summed E-state index contributed by atoms with van der Waals surface area (Å²) in [4.78, 5) is 15.0. The summed E-state index contributed by atoms with van der Waals surface area (Å²) in [6, 6.07) is 11.3. The van der Waals surface area contributed by atoms with Crippen LogP contribution in [0.4, 0.5) is 19.1 Å². The molecule has 3 N–H and O–H groups in total. The second-order valence-electron chi connectivity index (χ2n) is 8.81. The predicted octanol–water partition coefficient (Wildman–Crippen LogP) is 4.71. The van der Waals surface area contributed by atoms with Gasteiger partial charge in [-0.1, -0.05) is 0 Å². The normalized spacial score (nSPS) is 15.3. The van der Waals surface area contributed by atoms with E-state index in [4.69, 9.17) is 4.98 Å². The van der Waals surface area contributed by atoms with Crippen LogP contribution < -0.4 is 5.32 Å². The third-order valence-corrected chi connectivity index (χ3v) is 8.66. The summed E-state index contributed by atoms with van der Waals surface area (Å²) in [6.07, 6.45) is 4.95. The number of hydrogen-bond donors (Lipinski definition) is 1. The van der Waals surface area contributed by atoms with E-state index in [9.17, 15) is 17.4 Å². The van der Waals surface area contributed by atoms with E-state index in [1.165, 1.54) is 29.5 Å². The molecule has 0 bridgehead atoms. The quantitative estimate of drug-likeness (QED) is 0.317. The Balaban J connectivity index is 0.00000308. The summed E-state index contributed by atoms with van der Waals surface area (Å²) < 4.78 is 57.4. The molecule has 5 aromatic rings. The first kappa shape index (κ1) is 26.9. The molecule has 2 aromatic carbocycles. The molecule has 1 atom stereocenters. The van der Waals surface area contributed by atoms with Crippen molar-refractivity contribution < 1.29 is 22.9 Å². The maximum atomic E-state index is 14.0. The fourth-order valence-corrected chi connectivity index (χ4v) is 6.41. The highest BCUT2D eigenvalue weighted by atomic mass is 32.2. The number of fused-ring (bicyclic) bond motifs is 1. The minimum Gasteiger partial charge on any atom is -0.412 e. The van der Waals surface area contributed by atoms with E-state index in [0.717, 1.165) is 25.0 Å². The highest BCUT2D eigenvalue weighted by Crippen LogP contribution is 2.34. The van der Waals surface area contributed by atoms with E-state index >= 15 is 0 Å². The van der Waals surface area contributed by atoms with E-state index in [2.05, 4.69) is 15.3 Å². The minimum absolute atomic E-state index is 0. The smallest absolute Gasteiger partial charge is 0.223 e. The maximum Gasteiger partial charge on any atom is 0.223 e. The Bertz CT molecular complexity index is 1630. The number of aromatic nitrogens is 4. The molecule has 1 aliphatic heterocycles. The molecule has 202 valence electrons. The van der Waals surface area contributed by atoms with Crippen LogP contribution in [0.1, 0.15) is 12.8 Å². The molecular weight excluding hydrogens is 549 g/mol. The Morgan fingerprint density at radius 1 is 0.974 bits per heavy atom. The molecule has 1 aliphatic rings. The van der Waals surface area contributed by atoms with Gasteiger partial charge < -0.3 is 10.8 Å². The molecule has 39 heavy (non-hydrogen) atoms. The second-order valence-corrected chi connectivity index (χ2v) is 11.2. The highest BCUT2D eigenvalue weighted by molar-refractivity contribution is 7.82. The molecule has 1 unspecified atom stereocenters. The van der Waals surface area contributed by atoms with E-state index in [-0.39, 0.29) is 17.3 Å². The second kappa shape index (κ2) is 11.2. The van der Waals surface area contributed by atoms with E-state index in [1.54, 1.807) is 24.4 Å². The lowest BCUT2D eigenvalue weighted by Gasteiger charge is -2.31. The molecule has 0 aliphatic carbocycles. The van der Waals surface area contributed by atoms with Gasteiger partial charge >= 0.3 is 0 Å². The molecule has 0 saturated carbocycles. The molecule has 0 radical (unpaired) electrons. The largest absolute Gasteiger partial charge is 0.412 e. The van der Waals surface area contributed by atoms with Crippen LogP contribution in [0.5, 0.6) is 0 Å². The lowest BCUT2D eigenvalue weighted by Crippen LogP contribution is -2.40. The number of piperidine rings is 1. The number of hydrogen-bond acceptors (Lipinski definition) is 6. The molecule has 3 aromatic heterocycles. The summed E-state index contributed by atoms with van der Waals surface area (Å²) in [5.74, 6) is -1.79.